The van der Waals surface area contributed by atoms with E-state index >= 15 is 0 Å². The molecular formula is C11H18N2O4. The lowest BCUT2D eigenvalue weighted by atomic mass is 10.1. The maximum Gasteiger partial charge on any atom is 0.326 e. The Morgan fingerprint density at radius 1 is 1.47 bits per heavy atom. The highest BCUT2D eigenvalue weighted by Crippen LogP contribution is 2.22. The van der Waals surface area contributed by atoms with Crippen molar-refractivity contribution in [3.63, 3.8) is 0 Å². The van der Waals surface area contributed by atoms with Crippen LogP contribution in [0.1, 0.15) is 19.3 Å². The van der Waals surface area contributed by atoms with Gasteiger partial charge in [0.05, 0.1) is 12.1 Å². The zero-order valence-corrected chi connectivity index (χ0v) is 9.89. The van der Waals surface area contributed by atoms with Gasteiger partial charge in [-0.3, -0.25) is 4.79 Å². The summed E-state index contributed by atoms with van der Waals surface area (Å²) in [7, 11) is 1.55. The number of amides is 1. The molecule has 6 heteroatoms. The first-order valence-electron chi connectivity index (χ1n) is 5.93. The van der Waals surface area contributed by atoms with Crippen molar-refractivity contribution < 1.29 is 19.4 Å². The average Bonchev–Trinajstić information content (AvgIpc) is 2.97. The number of nitrogens with zero attached hydrogens (tertiary/aromatic N) is 1. The molecule has 0 bridgehead atoms. The summed E-state index contributed by atoms with van der Waals surface area (Å²) in [5.74, 6) is -1.05. The third-order valence-corrected chi connectivity index (χ3v) is 3.52. The summed E-state index contributed by atoms with van der Waals surface area (Å²) in [5.41, 5.74) is 0. The van der Waals surface area contributed by atoms with Gasteiger partial charge >= 0.3 is 5.97 Å². The molecule has 96 valence electrons. The van der Waals surface area contributed by atoms with Crippen molar-refractivity contribution in [3.8, 4) is 0 Å². The lowest BCUT2D eigenvalue weighted by molar-refractivity contribution is -0.148. The second kappa shape index (κ2) is 5.01. The largest absolute Gasteiger partial charge is 0.480 e. The van der Waals surface area contributed by atoms with Crippen molar-refractivity contribution in [1.82, 2.24) is 10.2 Å². The Bertz CT molecular complexity index is 315. The number of aliphatic carboxylic acids is 1. The van der Waals surface area contributed by atoms with Crippen LogP contribution in [0.15, 0.2) is 0 Å². The van der Waals surface area contributed by atoms with Crippen LogP contribution in [0, 0.1) is 0 Å². The fourth-order valence-electron chi connectivity index (χ4n) is 2.54. The molecule has 2 aliphatic rings. The summed E-state index contributed by atoms with van der Waals surface area (Å²) in [5, 5.41) is 12.2. The Labute approximate surface area is 99.9 Å². The van der Waals surface area contributed by atoms with E-state index in [0.717, 1.165) is 19.4 Å². The topological polar surface area (TPSA) is 78.9 Å². The number of methoxy groups -OCH3 is 1. The van der Waals surface area contributed by atoms with E-state index in [2.05, 4.69) is 5.32 Å². The van der Waals surface area contributed by atoms with E-state index in [1.807, 2.05) is 0 Å². The molecule has 2 unspecified atom stereocenters. The summed E-state index contributed by atoms with van der Waals surface area (Å²) in [6, 6.07) is -0.956. The van der Waals surface area contributed by atoms with Gasteiger partial charge in [0.15, 0.2) is 0 Å². The standard InChI is InChI=1S/C11H18N2O4/c1-17-7-5-9(11(15)16)13(6-7)10(14)8-3-2-4-12-8/h7-9,12H,2-6H2,1H3,(H,15,16)/t7?,8-,9?/m0/s1. The second-order valence-electron chi connectivity index (χ2n) is 4.59. The molecule has 2 heterocycles. The van der Waals surface area contributed by atoms with Crippen LogP contribution in [0.5, 0.6) is 0 Å². The molecule has 2 fully saturated rings. The van der Waals surface area contributed by atoms with E-state index in [-0.39, 0.29) is 18.1 Å². The van der Waals surface area contributed by atoms with Crippen LogP contribution in [-0.4, -0.2) is 60.3 Å². The smallest absolute Gasteiger partial charge is 0.326 e. The predicted octanol–water partition coefficient (Wildman–Crippen LogP) is -0.561. The van der Waals surface area contributed by atoms with Gasteiger partial charge in [0.1, 0.15) is 6.04 Å². The van der Waals surface area contributed by atoms with Gasteiger partial charge in [0.25, 0.3) is 0 Å². The van der Waals surface area contributed by atoms with Gasteiger partial charge in [-0.05, 0) is 19.4 Å². The van der Waals surface area contributed by atoms with E-state index in [0.29, 0.717) is 13.0 Å². The van der Waals surface area contributed by atoms with E-state index in [1.165, 1.54) is 4.90 Å². The minimum Gasteiger partial charge on any atom is -0.480 e. The molecule has 0 spiro atoms. The zero-order valence-electron chi connectivity index (χ0n) is 9.89. The fourth-order valence-corrected chi connectivity index (χ4v) is 2.54. The van der Waals surface area contributed by atoms with Crippen molar-refractivity contribution in [3.05, 3.63) is 0 Å². The summed E-state index contributed by atoms with van der Waals surface area (Å²) in [6.07, 6.45) is 1.97. The minimum atomic E-state index is -0.948. The molecule has 0 aromatic carbocycles. The third-order valence-electron chi connectivity index (χ3n) is 3.52. The quantitative estimate of drug-likeness (QED) is 0.693. The second-order valence-corrected chi connectivity index (χ2v) is 4.59. The number of carboxylic acids is 1. The Hall–Kier alpha value is -1.14. The molecule has 2 saturated heterocycles. The lowest BCUT2D eigenvalue weighted by Crippen LogP contribution is -2.48. The molecule has 0 radical (unpaired) electrons. The van der Waals surface area contributed by atoms with E-state index in [4.69, 9.17) is 9.84 Å². The Morgan fingerprint density at radius 3 is 2.76 bits per heavy atom. The monoisotopic (exact) mass is 242 g/mol. The lowest BCUT2D eigenvalue weighted by Gasteiger charge is -2.24. The van der Waals surface area contributed by atoms with Gasteiger partial charge in [-0.25, -0.2) is 4.79 Å². The number of hydrogen-bond donors (Lipinski definition) is 2. The van der Waals surface area contributed by atoms with Crippen LogP contribution >= 0.6 is 0 Å². The Kier molecular flexibility index (Phi) is 3.63. The number of carboxylic acid groups (broad SMARTS) is 1. The Balaban J connectivity index is 2.06. The first-order chi connectivity index (χ1) is 8.13. The van der Waals surface area contributed by atoms with Crippen LogP contribution in [0.4, 0.5) is 0 Å². The first-order valence-corrected chi connectivity index (χ1v) is 5.93. The molecule has 0 aromatic rings. The van der Waals surface area contributed by atoms with Gasteiger partial charge in [-0.1, -0.05) is 0 Å². The zero-order chi connectivity index (χ0) is 12.4. The predicted molar refractivity (Wildman–Crippen MR) is 59.6 cm³/mol. The molecule has 17 heavy (non-hydrogen) atoms. The average molecular weight is 242 g/mol. The molecule has 2 rings (SSSR count). The highest BCUT2D eigenvalue weighted by Gasteiger charge is 2.42. The van der Waals surface area contributed by atoms with Crippen LogP contribution in [-0.2, 0) is 14.3 Å². The van der Waals surface area contributed by atoms with Gasteiger partial charge in [0.2, 0.25) is 5.91 Å². The summed E-state index contributed by atoms with van der Waals surface area (Å²) >= 11 is 0. The van der Waals surface area contributed by atoms with Gasteiger partial charge in [-0.2, -0.15) is 0 Å². The Morgan fingerprint density at radius 2 is 2.24 bits per heavy atom. The molecule has 6 nitrogen and oxygen atoms in total. The number of carbonyl (C=O) groups excluding carboxylic acids is 1. The normalized spacial score (nSPS) is 33.0. The van der Waals surface area contributed by atoms with Gasteiger partial charge in [0, 0.05) is 20.1 Å². The number of hydrogen-bond acceptors (Lipinski definition) is 4. The van der Waals surface area contributed by atoms with Crippen molar-refractivity contribution in [2.45, 2.75) is 37.5 Å². The molecular weight excluding hydrogens is 224 g/mol. The van der Waals surface area contributed by atoms with Crippen molar-refractivity contribution >= 4 is 11.9 Å². The van der Waals surface area contributed by atoms with Crippen molar-refractivity contribution in [2.24, 2.45) is 0 Å². The van der Waals surface area contributed by atoms with Crippen LogP contribution < -0.4 is 5.32 Å². The molecule has 0 aromatic heterocycles. The van der Waals surface area contributed by atoms with E-state index < -0.39 is 12.0 Å². The number of ether oxygens (including phenoxy) is 1. The number of carbonyl (C=O) groups is 2. The van der Waals surface area contributed by atoms with Crippen LogP contribution in [0.25, 0.3) is 0 Å². The molecule has 0 aliphatic carbocycles. The molecule has 1 amide bonds. The van der Waals surface area contributed by atoms with Crippen LogP contribution in [0.2, 0.25) is 0 Å². The van der Waals surface area contributed by atoms with Crippen molar-refractivity contribution in [2.75, 3.05) is 20.2 Å². The SMILES string of the molecule is COC1CC(C(=O)O)N(C(=O)[C@@H]2CCCN2)C1. The fraction of sp³-hybridized carbons (Fsp3) is 0.818. The van der Waals surface area contributed by atoms with E-state index in [1.54, 1.807) is 7.11 Å². The molecule has 3 atom stereocenters. The maximum absolute atomic E-state index is 12.2. The van der Waals surface area contributed by atoms with Gasteiger partial charge < -0.3 is 20.1 Å². The third kappa shape index (κ3) is 2.42. The summed E-state index contributed by atoms with van der Waals surface area (Å²) in [6.45, 7) is 1.21. The van der Waals surface area contributed by atoms with Gasteiger partial charge in [-0.15, -0.1) is 0 Å². The summed E-state index contributed by atoms with van der Waals surface area (Å²) < 4.78 is 5.16. The van der Waals surface area contributed by atoms with E-state index in [9.17, 15) is 9.59 Å². The number of rotatable bonds is 3. The highest BCUT2D eigenvalue weighted by molar-refractivity contribution is 5.88. The molecule has 0 saturated carbocycles. The molecule has 2 aliphatic heterocycles. The summed E-state index contributed by atoms with van der Waals surface area (Å²) in [4.78, 5) is 24.7. The molecule has 2 N–H and O–H groups in total. The highest BCUT2D eigenvalue weighted by atomic mass is 16.5. The van der Waals surface area contributed by atoms with Crippen LogP contribution in [0.3, 0.4) is 0 Å². The van der Waals surface area contributed by atoms with Crippen molar-refractivity contribution in [1.29, 1.82) is 0 Å². The maximum atomic E-state index is 12.2. The first kappa shape index (κ1) is 12.3. The minimum absolute atomic E-state index is 0.102. The number of likely N-dealkylation sites (tertiary alicyclic amines) is 1. The number of nitrogens with one attached hydrogen (secondary N) is 1.